The number of likely N-dealkylation sites (tertiary alicyclic amines) is 1. The number of hydrogen-bond acceptors (Lipinski definition) is 16. The molecule has 30 heteroatoms. The van der Waals surface area contributed by atoms with Gasteiger partial charge in [-0.2, -0.15) is 0 Å². The van der Waals surface area contributed by atoms with Gasteiger partial charge < -0.3 is 85.9 Å². The van der Waals surface area contributed by atoms with Crippen LogP contribution in [0.1, 0.15) is 130 Å². The van der Waals surface area contributed by atoms with E-state index in [4.69, 9.17) is 28.0 Å². The highest BCUT2D eigenvalue weighted by molar-refractivity contribution is 6.00. The Morgan fingerprint density at radius 2 is 1.27 bits per heavy atom. The molecule has 7 atom stereocenters. The molecule has 462 valence electrons. The first-order valence-electron chi connectivity index (χ1n) is 27.9. The fourth-order valence-electron chi connectivity index (χ4n) is 9.31. The van der Waals surface area contributed by atoms with Crippen LogP contribution in [-0.2, 0) is 59.2 Å². The molecule has 83 heavy (non-hydrogen) atoms. The summed E-state index contributed by atoms with van der Waals surface area (Å²) in [5.74, 6) is -9.80. The van der Waals surface area contributed by atoms with Crippen molar-refractivity contribution in [2.45, 2.75) is 184 Å². The molecule has 2 aliphatic rings. The number of ketones is 1. The Hall–Kier alpha value is -8.02. The van der Waals surface area contributed by atoms with Crippen molar-refractivity contribution >= 4 is 76.9 Å². The van der Waals surface area contributed by atoms with Gasteiger partial charge in [0, 0.05) is 31.9 Å². The van der Waals surface area contributed by atoms with Gasteiger partial charge in [0.05, 0.1) is 18.6 Å². The Morgan fingerprint density at radius 3 is 1.87 bits per heavy atom. The van der Waals surface area contributed by atoms with Crippen LogP contribution in [0.5, 0.6) is 0 Å². The summed E-state index contributed by atoms with van der Waals surface area (Å²) in [4.78, 5) is 170. The molecule has 19 N–H and O–H groups in total. The zero-order valence-corrected chi connectivity index (χ0v) is 48.0. The van der Waals surface area contributed by atoms with Gasteiger partial charge in [-0.1, -0.05) is 32.1 Å². The van der Waals surface area contributed by atoms with Gasteiger partial charge in [0.2, 0.25) is 53.2 Å². The van der Waals surface area contributed by atoms with E-state index in [9.17, 15) is 62.6 Å². The van der Waals surface area contributed by atoms with Crippen LogP contribution in [0, 0.1) is 5.92 Å². The first kappa shape index (κ1) is 69.2. The predicted octanol–water partition coefficient (Wildman–Crippen LogP) is -3.81. The minimum atomic E-state index is -1.85. The molecule has 1 aliphatic carbocycles. The summed E-state index contributed by atoms with van der Waals surface area (Å²) in [7, 11) is 0. The van der Waals surface area contributed by atoms with Crippen molar-refractivity contribution in [3.8, 4) is 0 Å². The highest BCUT2D eigenvalue weighted by Crippen LogP contribution is 2.28. The number of hydrogen-bond donors (Lipinski definition) is 15. The van der Waals surface area contributed by atoms with Gasteiger partial charge in [-0.05, 0) is 116 Å². The standard InChI is InChI=1S/C53H86N16O14/c1-30(71)52(2,3)67-45(78)34(15-9-10-20-54)61-44(77)37(27-40(55)72)65-49(82)53(4,5)68-46(79)36(25-31-13-7-6-8-14-31)64-43(76)35(26-32-18-22-58-23-19-32)63-42(75)33(16-11-21-59-50(56)57)62-47(80)39-17-12-24-69(39)48(81)38(29-70)66-51(83)60-28-41(73)74/h18-19,22-23,31,33-39,70H,6-17,20-21,24-29,54H2,1-5H3,(H2,55,72)(H,61,77)(H,62,80)(H,63,75)(H,64,76)(H,65,82)(H,67,78)(H,68,79)(H,73,74)(H4,56,57,59)(H2,60,66,83)/t33-,34-,35-,36-,37-,38-,39+/m0/s1. The molecule has 2 fully saturated rings. The number of aliphatic imine (C=N–C) groups is 1. The molecule has 0 aromatic carbocycles. The van der Waals surface area contributed by atoms with E-state index in [1.54, 1.807) is 12.1 Å². The molecule has 0 unspecified atom stereocenters. The molecular formula is C53H86N16O14. The second kappa shape index (κ2) is 33.8. The van der Waals surface area contributed by atoms with Crippen molar-refractivity contribution in [2.24, 2.45) is 33.8 Å². The Kier molecular flexibility index (Phi) is 28.2. The van der Waals surface area contributed by atoms with Crippen LogP contribution >= 0.6 is 0 Å². The predicted molar refractivity (Wildman–Crippen MR) is 300 cm³/mol. The number of nitrogens with one attached hydrogen (secondary N) is 9. The molecule has 3 rings (SSSR count). The van der Waals surface area contributed by atoms with E-state index in [0.29, 0.717) is 37.7 Å². The van der Waals surface area contributed by atoms with Crippen LogP contribution in [0.4, 0.5) is 4.79 Å². The molecule has 0 radical (unpaired) electrons. The van der Waals surface area contributed by atoms with Gasteiger partial charge in [0.25, 0.3) is 0 Å². The lowest BCUT2D eigenvalue weighted by Gasteiger charge is -2.33. The third-order valence-electron chi connectivity index (χ3n) is 14.3. The molecule has 1 saturated heterocycles. The number of Topliss-reactive ketones (excluding diaryl/α,β-unsaturated/α-hetero) is 1. The molecular weight excluding hydrogens is 1080 g/mol. The van der Waals surface area contributed by atoms with Gasteiger partial charge >= 0.3 is 12.0 Å². The number of nitrogens with two attached hydrogens (primary N) is 4. The van der Waals surface area contributed by atoms with Crippen LogP contribution in [0.25, 0.3) is 0 Å². The maximum absolute atomic E-state index is 14.7. The normalized spacial score (nSPS) is 16.6. The second-order valence-electron chi connectivity index (χ2n) is 21.9. The van der Waals surface area contributed by atoms with E-state index in [1.807, 2.05) is 5.32 Å². The van der Waals surface area contributed by atoms with Gasteiger partial charge in [-0.15, -0.1) is 0 Å². The van der Waals surface area contributed by atoms with Crippen LogP contribution in [-0.4, -0.2) is 183 Å². The van der Waals surface area contributed by atoms with Crippen LogP contribution < -0.4 is 70.8 Å². The number of carbonyl (C=O) groups excluding carboxylic acids is 11. The number of carboxylic acid groups (broad SMARTS) is 1. The summed E-state index contributed by atoms with van der Waals surface area (Å²) >= 11 is 0. The third-order valence-corrected chi connectivity index (χ3v) is 14.3. The molecule has 1 aromatic heterocycles. The van der Waals surface area contributed by atoms with Crippen molar-refractivity contribution in [2.75, 3.05) is 32.8 Å². The number of aliphatic hydroxyl groups excluding tert-OH is 1. The minimum Gasteiger partial charge on any atom is -0.480 e. The van der Waals surface area contributed by atoms with Crippen LogP contribution in [0.2, 0.25) is 0 Å². The van der Waals surface area contributed by atoms with Crippen molar-refractivity contribution in [3.63, 3.8) is 0 Å². The van der Waals surface area contributed by atoms with Crippen molar-refractivity contribution in [1.82, 2.24) is 57.7 Å². The quantitative estimate of drug-likeness (QED) is 0.0179. The molecule has 0 bridgehead atoms. The number of urea groups is 1. The lowest BCUT2D eigenvalue weighted by Crippen LogP contribution is -2.64. The van der Waals surface area contributed by atoms with Crippen molar-refractivity contribution < 1.29 is 67.7 Å². The second-order valence-corrected chi connectivity index (χ2v) is 21.9. The van der Waals surface area contributed by atoms with Crippen molar-refractivity contribution in [1.29, 1.82) is 0 Å². The van der Waals surface area contributed by atoms with E-state index in [1.165, 1.54) is 47.0 Å². The maximum Gasteiger partial charge on any atom is 0.323 e. The van der Waals surface area contributed by atoms with Gasteiger partial charge in [-0.3, -0.25) is 62.7 Å². The average Bonchev–Trinajstić information content (AvgIpc) is 4.10. The number of pyridine rings is 1. The number of nitrogens with zero attached hydrogens (tertiary/aromatic N) is 3. The Bertz CT molecular complexity index is 2470. The summed E-state index contributed by atoms with van der Waals surface area (Å²) in [5, 5.41) is 41.7. The van der Waals surface area contributed by atoms with E-state index < -0.39 is 138 Å². The molecule has 0 spiro atoms. The van der Waals surface area contributed by atoms with E-state index in [2.05, 4.69) is 52.5 Å². The number of unbranched alkanes of at least 4 members (excludes halogenated alkanes) is 1. The fraction of sp³-hybridized carbons (Fsp3) is 0.660. The number of carbonyl (C=O) groups is 12. The first-order chi connectivity index (χ1) is 39.1. The molecule has 1 aromatic rings. The Morgan fingerprint density at radius 1 is 0.687 bits per heavy atom. The smallest absolute Gasteiger partial charge is 0.323 e. The number of rotatable bonds is 34. The molecule has 30 nitrogen and oxygen atoms in total. The lowest BCUT2D eigenvalue weighted by molar-refractivity contribution is -0.141. The number of aromatic nitrogens is 1. The van der Waals surface area contributed by atoms with Gasteiger partial charge in [-0.25, -0.2) is 4.79 Å². The molecule has 1 saturated carbocycles. The van der Waals surface area contributed by atoms with E-state index in [-0.39, 0.29) is 75.8 Å². The zero-order chi connectivity index (χ0) is 62.0. The Labute approximate surface area is 482 Å². The number of amides is 11. The van der Waals surface area contributed by atoms with Crippen molar-refractivity contribution in [3.05, 3.63) is 30.1 Å². The largest absolute Gasteiger partial charge is 0.480 e. The number of aliphatic carboxylic acids is 1. The topological polar surface area (TPSA) is 486 Å². The zero-order valence-electron chi connectivity index (χ0n) is 48.0. The summed E-state index contributed by atoms with van der Waals surface area (Å²) in [6.07, 6.45) is 7.66. The fourth-order valence-corrected chi connectivity index (χ4v) is 9.31. The maximum atomic E-state index is 14.7. The summed E-state index contributed by atoms with van der Waals surface area (Å²) < 4.78 is 0. The highest BCUT2D eigenvalue weighted by Gasteiger charge is 2.41. The summed E-state index contributed by atoms with van der Waals surface area (Å²) in [6, 6.07) is -7.66. The third kappa shape index (κ3) is 23.8. The number of guanidine groups is 1. The molecule has 1 aliphatic heterocycles. The summed E-state index contributed by atoms with van der Waals surface area (Å²) in [6.45, 7) is 5.57. The molecule has 2 heterocycles. The minimum absolute atomic E-state index is 0.0205. The summed E-state index contributed by atoms with van der Waals surface area (Å²) in [5.41, 5.74) is 19.6. The van der Waals surface area contributed by atoms with Gasteiger partial charge in [0.15, 0.2) is 11.7 Å². The van der Waals surface area contributed by atoms with E-state index in [0.717, 1.165) is 24.2 Å². The average molecular weight is 1170 g/mol. The highest BCUT2D eigenvalue weighted by atomic mass is 16.4. The van der Waals surface area contributed by atoms with Crippen LogP contribution in [0.3, 0.4) is 0 Å². The van der Waals surface area contributed by atoms with E-state index >= 15 is 0 Å². The van der Waals surface area contributed by atoms with Gasteiger partial charge in [0.1, 0.15) is 54.4 Å². The molecule has 11 amide bonds. The number of aliphatic hydroxyl groups is 1. The first-order valence-corrected chi connectivity index (χ1v) is 27.9. The monoisotopic (exact) mass is 1170 g/mol. The Balaban J connectivity index is 1.94. The number of carboxylic acids is 1. The lowest BCUT2D eigenvalue weighted by atomic mass is 9.84. The van der Waals surface area contributed by atoms with Crippen LogP contribution in [0.15, 0.2) is 29.5 Å². The number of primary amides is 1. The SMILES string of the molecule is CC(=O)C(C)(C)NC(=O)[C@H](CCCCN)NC(=O)[C@H](CC(N)=O)NC(=O)C(C)(C)NC(=O)[C@H](CC1CCCCC1)NC(=O)[C@H](Cc1ccncc1)NC(=O)[C@H](CCCN=C(N)N)NC(=O)[C@H]1CCCN1C(=O)[C@H](CO)NC(=O)NCC(=O)O.